The maximum atomic E-state index is 11.6. The van der Waals surface area contributed by atoms with Crippen LogP contribution in [0.5, 0.6) is 0 Å². The number of amides is 1. The second kappa shape index (κ2) is 22.1. The summed E-state index contributed by atoms with van der Waals surface area (Å²) >= 11 is 0. The molecule has 1 aromatic heterocycles. The second-order valence-electron chi connectivity index (χ2n) is 7.39. The predicted molar refractivity (Wildman–Crippen MR) is 131 cm³/mol. The van der Waals surface area contributed by atoms with Crippen LogP contribution in [0.4, 0.5) is 0 Å². The Morgan fingerprint density at radius 1 is 1.19 bits per heavy atom. The lowest BCUT2D eigenvalue weighted by molar-refractivity contribution is -0.118. The number of nitrogens with zero attached hydrogens (tertiary/aromatic N) is 3. The highest BCUT2D eigenvalue weighted by molar-refractivity contribution is 5.97. The Bertz CT molecular complexity index is 611. The summed E-state index contributed by atoms with van der Waals surface area (Å²) < 4.78 is 7.63. The third-order valence-corrected chi connectivity index (χ3v) is 3.53. The van der Waals surface area contributed by atoms with Gasteiger partial charge in [-0.25, -0.2) is 4.68 Å². The topological polar surface area (TPSA) is 106 Å². The highest BCUT2D eigenvalue weighted by atomic mass is 16.5. The molecule has 0 fully saturated rings. The first kappa shape index (κ1) is 34.6. The largest absolute Gasteiger partial charge is 0.397 e. The standard InChI is InChI=1S/C18H30N4O3.C2H6O.2C2H6/c1-6-16(23)7-8-17(24)19-11-15-12-22(21-20-15)13-18(4,5)25-10-9-14(2)3;1-2-3;2*1-2/h7-8,12,14H,6,9-11,13H2,1-5H3,(H,19,24);3H,2H2,1H3;2*1-2H3/b8-7+;;;. The fourth-order valence-electron chi connectivity index (χ4n) is 2.03. The molecule has 0 aliphatic heterocycles. The predicted octanol–water partition coefficient (Wildman–Crippen LogP) is 4.32. The van der Waals surface area contributed by atoms with Crippen molar-refractivity contribution >= 4 is 11.7 Å². The van der Waals surface area contributed by atoms with Crippen molar-refractivity contribution in [1.82, 2.24) is 20.3 Å². The molecule has 0 atom stereocenters. The number of carbonyl (C=O) groups is 2. The summed E-state index contributed by atoms with van der Waals surface area (Å²) in [6, 6.07) is 0. The average Bonchev–Trinajstić information content (AvgIpc) is 3.20. The van der Waals surface area contributed by atoms with E-state index in [4.69, 9.17) is 9.84 Å². The molecule has 8 heteroatoms. The quantitative estimate of drug-likeness (QED) is 0.480. The molecular formula is C24H48N4O4. The molecule has 32 heavy (non-hydrogen) atoms. The van der Waals surface area contributed by atoms with Crippen LogP contribution in [0.3, 0.4) is 0 Å². The van der Waals surface area contributed by atoms with Gasteiger partial charge in [0.2, 0.25) is 5.91 Å². The number of hydrogen-bond donors (Lipinski definition) is 2. The lowest BCUT2D eigenvalue weighted by atomic mass is 10.1. The van der Waals surface area contributed by atoms with Crippen molar-refractivity contribution in [2.75, 3.05) is 13.2 Å². The molecule has 0 aromatic carbocycles. The van der Waals surface area contributed by atoms with Crippen molar-refractivity contribution < 1.29 is 19.4 Å². The summed E-state index contributed by atoms with van der Waals surface area (Å²) in [5, 5.41) is 18.4. The van der Waals surface area contributed by atoms with E-state index < -0.39 is 0 Å². The first-order valence-electron chi connectivity index (χ1n) is 11.8. The van der Waals surface area contributed by atoms with E-state index in [0.29, 0.717) is 31.2 Å². The third kappa shape index (κ3) is 21.2. The van der Waals surface area contributed by atoms with Crippen LogP contribution in [0, 0.1) is 5.92 Å². The maximum Gasteiger partial charge on any atom is 0.244 e. The van der Waals surface area contributed by atoms with Gasteiger partial charge in [0, 0.05) is 25.7 Å². The van der Waals surface area contributed by atoms with E-state index in [0.717, 1.165) is 6.42 Å². The van der Waals surface area contributed by atoms with Crippen LogP contribution >= 0.6 is 0 Å². The summed E-state index contributed by atoms with van der Waals surface area (Å²) in [5.74, 6) is 0.202. The zero-order valence-corrected chi connectivity index (χ0v) is 22.1. The number of rotatable bonds is 11. The van der Waals surface area contributed by atoms with Crippen molar-refractivity contribution in [2.24, 2.45) is 5.92 Å². The molecule has 0 saturated carbocycles. The average molecular weight is 457 g/mol. The Morgan fingerprint density at radius 3 is 2.25 bits per heavy atom. The molecule has 0 unspecified atom stereocenters. The SMILES string of the molecule is CC.CC.CCC(=O)/C=C/C(=O)NCc1cn(CC(C)(C)OCCC(C)C)nn1.CCO. The second-order valence-corrected chi connectivity index (χ2v) is 7.39. The zero-order valence-electron chi connectivity index (χ0n) is 22.1. The molecule has 0 aliphatic carbocycles. The van der Waals surface area contributed by atoms with Crippen LogP contribution in [0.15, 0.2) is 18.3 Å². The van der Waals surface area contributed by atoms with E-state index in [-0.39, 0.29) is 30.4 Å². The molecule has 188 valence electrons. The van der Waals surface area contributed by atoms with Crippen molar-refractivity contribution in [2.45, 2.75) is 101 Å². The van der Waals surface area contributed by atoms with Gasteiger partial charge < -0.3 is 15.2 Å². The number of allylic oxidation sites excluding steroid dienone is 1. The fraction of sp³-hybridized carbons (Fsp3) is 0.750. The first-order chi connectivity index (χ1) is 15.1. The Hall–Kier alpha value is -2.06. The smallest absolute Gasteiger partial charge is 0.244 e. The minimum absolute atomic E-state index is 0.0826. The number of ether oxygens (including phenoxy) is 1. The number of carbonyl (C=O) groups excluding carboxylic acids is 2. The summed E-state index contributed by atoms with van der Waals surface area (Å²) in [5.41, 5.74) is 0.313. The maximum absolute atomic E-state index is 11.6. The molecule has 1 heterocycles. The van der Waals surface area contributed by atoms with Crippen LogP contribution < -0.4 is 5.32 Å². The van der Waals surface area contributed by atoms with Crippen LogP contribution in [-0.4, -0.2) is 50.6 Å². The Balaban J connectivity index is -0.00000108. The van der Waals surface area contributed by atoms with Crippen molar-refractivity contribution in [3.63, 3.8) is 0 Å². The van der Waals surface area contributed by atoms with E-state index in [1.54, 1.807) is 24.7 Å². The molecule has 0 saturated heterocycles. The van der Waals surface area contributed by atoms with Gasteiger partial charge in [0.25, 0.3) is 0 Å². The summed E-state index contributed by atoms with van der Waals surface area (Å²) in [6.07, 6.45) is 5.71. The van der Waals surface area contributed by atoms with Crippen LogP contribution in [0.2, 0.25) is 0 Å². The van der Waals surface area contributed by atoms with Gasteiger partial charge in [-0.3, -0.25) is 9.59 Å². The van der Waals surface area contributed by atoms with Crippen molar-refractivity contribution in [1.29, 1.82) is 0 Å². The fourth-order valence-corrected chi connectivity index (χ4v) is 2.03. The third-order valence-electron chi connectivity index (χ3n) is 3.53. The van der Waals surface area contributed by atoms with E-state index in [1.807, 2.05) is 41.5 Å². The van der Waals surface area contributed by atoms with E-state index >= 15 is 0 Å². The molecule has 1 amide bonds. The number of aliphatic hydroxyl groups is 1. The number of aromatic nitrogens is 3. The van der Waals surface area contributed by atoms with Gasteiger partial charge in [0.1, 0.15) is 5.69 Å². The van der Waals surface area contributed by atoms with Crippen molar-refractivity contribution in [3.8, 4) is 0 Å². The van der Waals surface area contributed by atoms with E-state index in [9.17, 15) is 9.59 Å². The summed E-state index contributed by atoms with van der Waals surface area (Å²) in [6.45, 7) is 21.6. The minimum atomic E-state index is -0.341. The van der Waals surface area contributed by atoms with Crippen LogP contribution in [0.1, 0.15) is 87.8 Å². The minimum Gasteiger partial charge on any atom is -0.397 e. The molecule has 0 spiro atoms. The molecule has 0 radical (unpaired) electrons. The summed E-state index contributed by atoms with van der Waals surface area (Å²) in [7, 11) is 0. The molecule has 1 aromatic rings. The van der Waals surface area contributed by atoms with Crippen molar-refractivity contribution in [3.05, 3.63) is 24.0 Å². The first-order valence-corrected chi connectivity index (χ1v) is 11.8. The van der Waals surface area contributed by atoms with Gasteiger partial charge >= 0.3 is 0 Å². The van der Waals surface area contributed by atoms with Gasteiger partial charge in [0.15, 0.2) is 5.78 Å². The van der Waals surface area contributed by atoms with Crippen LogP contribution in [-0.2, 0) is 27.4 Å². The van der Waals surface area contributed by atoms with Gasteiger partial charge in [-0.2, -0.15) is 0 Å². The van der Waals surface area contributed by atoms with E-state index in [2.05, 4.69) is 29.5 Å². The molecule has 8 nitrogen and oxygen atoms in total. The zero-order chi connectivity index (χ0) is 25.6. The molecule has 0 bridgehead atoms. The molecule has 1 rings (SSSR count). The molecule has 0 aliphatic rings. The van der Waals surface area contributed by atoms with Gasteiger partial charge in [-0.05, 0) is 39.2 Å². The summed E-state index contributed by atoms with van der Waals surface area (Å²) in [4.78, 5) is 22.8. The Morgan fingerprint density at radius 2 is 1.75 bits per heavy atom. The highest BCUT2D eigenvalue weighted by Gasteiger charge is 2.20. The molecular weight excluding hydrogens is 408 g/mol. The van der Waals surface area contributed by atoms with Gasteiger partial charge in [0.05, 0.1) is 24.9 Å². The highest BCUT2D eigenvalue weighted by Crippen LogP contribution is 2.14. The number of nitrogens with one attached hydrogen (secondary N) is 1. The Kier molecular flexibility index (Phi) is 23.9. The Labute approximate surface area is 195 Å². The van der Waals surface area contributed by atoms with E-state index in [1.165, 1.54) is 12.2 Å². The normalized spacial score (nSPS) is 10.4. The monoisotopic (exact) mass is 456 g/mol. The van der Waals surface area contributed by atoms with Gasteiger partial charge in [-0.15, -0.1) is 5.10 Å². The van der Waals surface area contributed by atoms with Gasteiger partial charge in [-0.1, -0.05) is 53.7 Å². The lowest BCUT2D eigenvalue weighted by Crippen LogP contribution is -2.31. The number of aliphatic hydroxyl groups excluding tert-OH is 1. The molecule has 2 N–H and O–H groups in total. The lowest BCUT2D eigenvalue weighted by Gasteiger charge is -2.25. The van der Waals surface area contributed by atoms with Crippen LogP contribution in [0.25, 0.3) is 0 Å². The number of ketones is 1. The number of hydrogen-bond acceptors (Lipinski definition) is 6.